The van der Waals surface area contributed by atoms with Crippen LogP contribution in [0.25, 0.3) is 0 Å². The largest absolute Gasteiger partial charge is 0.363 e. The van der Waals surface area contributed by atoms with E-state index in [2.05, 4.69) is 39.8 Å². The summed E-state index contributed by atoms with van der Waals surface area (Å²) in [5, 5.41) is 3.44. The van der Waals surface area contributed by atoms with Gasteiger partial charge in [-0.2, -0.15) is 4.98 Å². The van der Waals surface area contributed by atoms with Crippen LogP contribution in [0.2, 0.25) is 0 Å². The van der Waals surface area contributed by atoms with Crippen molar-refractivity contribution in [3.8, 4) is 0 Å². The Morgan fingerprint density at radius 3 is 2.63 bits per heavy atom. The van der Waals surface area contributed by atoms with E-state index in [9.17, 15) is 0 Å². The van der Waals surface area contributed by atoms with Crippen molar-refractivity contribution in [2.24, 2.45) is 5.84 Å². The van der Waals surface area contributed by atoms with Crippen LogP contribution in [0.4, 0.5) is 11.8 Å². The van der Waals surface area contributed by atoms with Crippen molar-refractivity contribution >= 4 is 11.8 Å². The Bertz CT molecular complexity index is 527. The second-order valence-electron chi connectivity index (χ2n) is 4.39. The van der Waals surface area contributed by atoms with E-state index < -0.39 is 0 Å². The van der Waals surface area contributed by atoms with Gasteiger partial charge in [-0.15, -0.1) is 0 Å². The third-order valence-corrected chi connectivity index (χ3v) is 3.02. The number of hydrazine groups is 1. The molecule has 0 bridgehead atoms. The van der Waals surface area contributed by atoms with Crippen molar-refractivity contribution in [2.75, 3.05) is 10.7 Å². The molecule has 2 rings (SSSR count). The molecule has 0 aliphatic rings. The normalized spacial score (nSPS) is 11.9. The van der Waals surface area contributed by atoms with Gasteiger partial charge in [0.2, 0.25) is 5.95 Å². The zero-order chi connectivity index (χ0) is 13.7. The number of benzene rings is 1. The van der Waals surface area contributed by atoms with E-state index in [1.165, 1.54) is 5.56 Å². The van der Waals surface area contributed by atoms with Crippen molar-refractivity contribution in [1.29, 1.82) is 0 Å². The van der Waals surface area contributed by atoms with Crippen LogP contribution < -0.4 is 16.6 Å². The average molecular weight is 257 g/mol. The standard InChI is InChI=1S/C14H19N5/c1-3-12(11-7-5-4-6-8-11)17-13-10(2)9-16-14(18-13)19-15/h4-9,12H,3,15H2,1-2H3,(H2,16,17,18,19). The molecule has 2 aromatic rings. The number of aromatic nitrogens is 2. The Labute approximate surface area is 113 Å². The third-order valence-electron chi connectivity index (χ3n) is 3.02. The quantitative estimate of drug-likeness (QED) is 0.567. The second kappa shape index (κ2) is 6.15. The van der Waals surface area contributed by atoms with Gasteiger partial charge in [0, 0.05) is 11.8 Å². The second-order valence-corrected chi connectivity index (χ2v) is 4.39. The van der Waals surface area contributed by atoms with E-state index in [0.717, 1.165) is 17.8 Å². The molecule has 0 aliphatic carbocycles. The molecule has 0 spiro atoms. The van der Waals surface area contributed by atoms with Crippen LogP contribution in [-0.4, -0.2) is 9.97 Å². The van der Waals surface area contributed by atoms with Gasteiger partial charge in [-0.05, 0) is 18.9 Å². The maximum absolute atomic E-state index is 5.34. The molecule has 19 heavy (non-hydrogen) atoms. The summed E-state index contributed by atoms with van der Waals surface area (Å²) in [5.41, 5.74) is 4.70. The summed E-state index contributed by atoms with van der Waals surface area (Å²) in [5.74, 6) is 6.56. The fraction of sp³-hybridized carbons (Fsp3) is 0.286. The maximum Gasteiger partial charge on any atom is 0.239 e. The minimum absolute atomic E-state index is 0.223. The van der Waals surface area contributed by atoms with E-state index >= 15 is 0 Å². The highest BCUT2D eigenvalue weighted by Gasteiger charge is 2.11. The number of anilines is 2. The molecule has 1 aromatic carbocycles. The van der Waals surface area contributed by atoms with Gasteiger partial charge in [-0.25, -0.2) is 10.8 Å². The smallest absolute Gasteiger partial charge is 0.239 e. The first-order valence-corrected chi connectivity index (χ1v) is 6.36. The number of hydrogen-bond acceptors (Lipinski definition) is 5. The maximum atomic E-state index is 5.34. The summed E-state index contributed by atoms with van der Waals surface area (Å²) in [4.78, 5) is 8.42. The van der Waals surface area contributed by atoms with Gasteiger partial charge in [-0.1, -0.05) is 37.3 Å². The SMILES string of the molecule is CCC(Nc1nc(NN)ncc1C)c1ccccc1. The summed E-state index contributed by atoms with van der Waals surface area (Å²) in [6.45, 7) is 4.11. The van der Waals surface area contributed by atoms with E-state index in [1.54, 1.807) is 6.20 Å². The van der Waals surface area contributed by atoms with Crippen molar-refractivity contribution in [3.63, 3.8) is 0 Å². The van der Waals surface area contributed by atoms with Crippen LogP contribution in [0, 0.1) is 6.92 Å². The van der Waals surface area contributed by atoms with Crippen molar-refractivity contribution in [3.05, 3.63) is 47.7 Å². The predicted octanol–water partition coefficient (Wildman–Crippen LogP) is 2.63. The number of nitrogens with zero attached hydrogens (tertiary/aromatic N) is 2. The molecule has 1 atom stereocenters. The zero-order valence-electron chi connectivity index (χ0n) is 11.2. The monoisotopic (exact) mass is 257 g/mol. The Hall–Kier alpha value is -2.14. The van der Waals surface area contributed by atoms with E-state index in [0.29, 0.717) is 5.95 Å². The molecule has 0 amide bonds. The Morgan fingerprint density at radius 2 is 2.00 bits per heavy atom. The molecule has 0 radical (unpaired) electrons. The lowest BCUT2D eigenvalue weighted by molar-refractivity contribution is 0.742. The number of rotatable bonds is 5. The molecule has 1 unspecified atom stereocenters. The highest BCUT2D eigenvalue weighted by atomic mass is 15.3. The predicted molar refractivity (Wildman–Crippen MR) is 77.7 cm³/mol. The van der Waals surface area contributed by atoms with E-state index in [-0.39, 0.29) is 6.04 Å². The number of aryl methyl sites for hydroxylation is 1. The third kappa shape index (κ3) is 3.20. The highest BCUT2D eigenvalue weighted by Crippen LogP contribution is 2.23. The van der Waals surface area contributed by atoms with Crippen LogP contribution in [-0.2, 0) is 0 Å². The topological polar surface area (TPSA) is 75.9 Å². The Balaban J connectivity index is 2.23. The van der Waals surface area contributed by atoms with Gasteiger partial charge < -0.3 is 5.32 Å². The average Bonchev–Trinajstić information content (AvgIpc) is 2.47. The fourth-order valence-corrected chi connectivity index (χ4v) is 1.93. The first kappa shape index (κ1) is 13.3. The van der Waals surface area contributed by atoms with Crippen LogP contribution in [0.1, 0.15) is 30.5 Å². The summed E-state index contributed by atoms with van der Waals surface area (Å²) in [6.07, 6.45) is 2.72. The molecule has 5 nitrogen and oxygen atoms in total. The Kier molecular flexibility index (Phi) is 4.30. The molecule has 1 aromatic heterocycles. The lowest BCUT2D eigenvalue weighted by Crippen LogP contribution is -2.15. The summed E-state index contributed by atoms with van der Waals surface area (Å²) < 4.78 is 0. The van der Waals surface area contributed by atoms with Crippen LogP contribution in [0.15, 0.2) is 36.5 Å². The van der Waals surface area contributed by atoms with Gasteiger partial charge in [0.05, 0.1) is 6.04 Å². The molecule has 4 N–H and O–H groups in total. The molecule has 0 aliphatic heterocycles. The van der Waals surface area contributed by atoms with Gasteiger partial charge in [-0.3, -0.25) is 5.43 Å². The Morgan fingerprint density at radius 1 is 1.26 bits per heavy atom. The van der Waals surface area contributed by atoms with Gasteiger partial charge in [0.15, 0.2) is 0 Å². The van der Waals surface area contributed by atoms with Crippen molar-refractivity contribution in [1.82, 2.24) is 9.97 Å². The first-order valence-electron chi connectivity index (χ1n) is 6.36. The lowest BCUT2D eigenvalue weighted by Gasteiger charge is -2.19. The lowest BCUT2D eigenvalue weighted by atomic mass is 10.0. The highest BCUT2D eigenvalue weighted by molar-refractivity contribution is 5.48. The van der Waals surface area contributed by atoms with Crippen LogP contribution in [0.3, 0.4) is 0 Å². The number of hydrogen-bond donors (Lipinski definition) is 3. The molecular formula is C14H19N5. The molecule has 1 heterocycles. The van der Waals surface area contributed by atoms with Gasteiger partial charge >= 0.3 is 0 Å². The molecular weight excluding hydrogens is 238 g/mol. The van der Waals surface area contributed by atoms with E-state index in [4.69, 9.17) is 5.84 Å². The number of nitrogen functional groups attached to an aromatic ring is 1. The zero-order valence-corrected chi connectivity index (χ0v) is 11.2. The molecule has 0 saturated carbocycles. The van der Waals surface area contributed by atoms with E-state index in [1.807, 2.05) is 25.1 Å². The fourth-order valence-electron chi connectivity index (χ4n) is 1.93. The molecule has 100 valence electrons. The van der Waals surface area contributed by atoms with Gasteiger partial charge in [0.25, 0.3) is 0 Å². The van der Waals surface area contributed by atoms with Crippen LogP contribution in [0.5, 0.6) is 0 Å². The molecule has 0 fully saturated rings. The van der Waals surface area contributed by atoms with Crippen molar-refractivity contribution < 1.29 is 0 Å². The number of nitrogens with two attached hydrogens (primary N) is 1. The summed E-state index contributed by atoms with van der Waals surface area (Å²) in [6, 6.07) is 10.5. The minimum atomic E-state index is 0.223. The number of nitrogens with one attached hydrogen (secondary N) is 2. The van der Waals surface area contributed by atoms with Gasteiger partial charge in [0.1, 0.15) is 5.82 Å². The molecule has 5 heteroatoms. The van der Waals surface area contributed by atoms with Crippen molar-refractivity contribution in [2.45, 2.75) is 26.3 Å². The molecule has 0 saturated heterocycles. The summed E-state index contributed by atoms with van der Waals surface area (Å²) in [7, 11) is 0. The summed E-state index contributed by atoms with van der Waals surface area (Å²) >= 11 is 0. The minimum Gasteiger partial charge on any atom is -0.363 e. The first-order chi connectivity index (χ1) is 9.24. The van der Waals surface area contributed by atoms with Crippen LogP contribution >= 0.6 is 0 Å².